The highest BCUT2D eigenvalue weighted by Gasteiger charge is 2.13. The quantitative estimate of drug-likeness (QED) is 0.343. The maximum Gasteiger partial charge on any atom is 0.331 e. The molecule has 1 heterocycles. The Bertz CT molecular complexity index is 1150. The average molecular weight is 461 g/mol. The Morgan fingerprint density at radius 1 is 1.20 bits per heavy atom. The summed E-state index contributed by atoms with van der Waals surface area (Å²) in [6.45, 7) is 2.27. The van der Waals surface area contributed by atoms with Gasteiger partial charge in [-0.25, -0.2) is 9.48 Å². The summed E-state index contributed by atoms with van der Waals surface area (Å²) in [4.78, 5) is 12.0. The number of ether oxygens (including phenoxy) is 1. The number of aromatic nitrogens is 2. The van der Waals surface area contributed by atoms with E-state index in [0.717, 1.165) is 11.1 Å². The smallest absolute Gasteiger partial charge is 0.331 e. The summed E-state index contributed by atoms with van der Waals surface area (Å²) in [6, 6.07) is 14.1. The van der Waals surface area contributed by atoms with Crippen molar-refractivity contribution in [2.75, 3.05) is 0 Å². The molecule has 0 aliphatic carbocycles. The van der Waals surface area contributed by atoms with Crippen LogP contribution in [-0.4, -0.2) is 15.7 Å². The van der Waals surface area contributed by atoms with E-state index in [9.17, 15) is 4.79 Å². The number of carbonyl (C=O) groups is 1. The lowest BCUT2D eigenvalue weighted by atomic mass is 10.2. The summed E-state index contributed by atoms with van der Waals surface area (Å²) in [5, 5.41) is 14.7. The van der Waals surface area contributed by atoms with Gasteiger partial charge in [-0.2, -0.15) is 10.4 Å². The van der Waals surface area contributed by atoms with Crippen LogP contribution in [0.2, 0.25) is 15.2 Å². The van der Waals surface area contributed by atoms with E-state index in [1.165, 1.54) is 6.08 Å². The van der Waals surface area contributed by atoms with Gasteiger partial charge in [0.25, 0.3) is 0 Å². The molecule has 1 aromatic heterocycles. The van der Waals surface area contributed by atoms with Crippen molar-refractivity contribution in [3.8, 4) is 6.07 Å². The first-order valence-corrected chi connectivity index (χ1v) is 10.0. The van der Waals surface area contributed by atoms with E-state index < -0.39 is 5.97 Å². The third kappa shape index (κ3) is 5.43. The average Bonchev–Trinajstić information content (AvgIpc) is 3.00. The van der Waals surface area contributed by atoms with Gasteiger partial charge < -0.3 is 4.74 Å². The molecule has 3 rings (SSSR count). The molecule has 0 radical (unpaired) electrons. The normalized spacial score (nSPS) is 10.9. The van der Waals surface area contributed by atoms with Gasteiger partial charge in [0.1, 0.15) is 11.8 Å². The molecule has 0 aliphatic rings. The second-order valence-corrected chi connectivity index (χ2v) is 7.63. The molecule has 0 saturated heterocycles. The van der Waals surface area contributed by atoms with Crippen molar-refractivity contribution in [1.29, 1.82) is 5.26 Å². The minimum Gasteiger partial charge on any atom is -0.458 e. The molecule has 0 N–H and O–H groups in total. The van der Waals surface area contributed by atoms with Crippen LogP contribution >= 0.6 is 34.8 Å². The van der Waals surface area contributed by atoms with Crippen molar-refractivity contribution < 1.29 is 9.53 Å². The van der Waals surface area contributed by atoms with Crippen LogP contribution in [0.5, 0.6) is 0 Å². The van der Waals surface area contributed by atoms with Gasteiger partial charge in [-0.05, 0) is 48.4 Å². The molecule has 8 heteroatoms. The molecule has 0 aliphatic heterocycles. The topological polar surface area (TPSA) is 67.9 Å². The zero-order valence-electron chi connectivity index (χ0n) is 15.9. The summed E-state index contributed by atoms with van der Waals surface area (Å²) in [5.74, 6) is -0.511. The van der Waals surface area contributed by atoms with Crippen LogP contribution in [0, 0.1) is 18.3 Å². The van der Waals surface area contributed by atoms with Crippen LogP contribution in [0.15, 0.2) is 48.5 Å². The maximum atomic E-state index is 12.0. The van der Waals surface area contributed by atoms with Gasteiger partial charge in [0.05, 0.1) is 23.9 Å². The first-order valence-electron chi connectivity index (χ1n) is 8.88. The van der Waals surface area contributed by atoms with Crippen molar-refractivity contribution in [3.63, 3.8) is 0 Å². The lowest BCUT2D eigenvalue weighted by molar-refractivity contribution is -0.138. The Morgan fingerprint density at radius 3 is 2.60 bits per heavy atom. The van der Waals surface area contributed by atoms with Crippen molar-refractivity contribution >= 4 is 46.8 Å². The first-order chi connectivity index (χ1) is 14.4. The number of aryl methyl sites for hydroxylation is 1. The van der Waals surface area contributed by atoms with Crippen molar-refractivity contribution in [2.24, 2.45) is 0 Å². The zero-order chi connectivity index (χ0) is 21.7. The number of esters is 1. The molecular formula is C22H16Cl3N3O2. The summed E-state index contributed by atoms with van der Waals surface area (Å²) in [5.41, 5.74) is 3.45. The van der Waals surface area contributed by atoms with E-state index in [0.29, 0.717) is 38.6 Å². The van der Waals surface area contributed by atoms with Crippen LogP contribution in [0.3, 0.4) is 0 Å². The first kappa shape index (κ1) is 21.9. The number of benzene rings is 2. The molecule has 152 valence electrons. The lowest BCUT2D eigenvalue weighted by Gasteiger charge is -2.06. The van der Waals surface area contributed by atoms with Gasteiger partial charge in [-0.3, -0.25) is 0 Å². The van der Waals surface area contributed by atoms with Crippen LogP contribution < -0.4 is 0 Å². The number of halogens is 3. The number of hydrogen-bond acceptors (Lipinski definition) is 4. The van der Waals surface area contributed by atoms with Crippen LogP contribution in [0.1, 0.15) is 27.9 Å². The van der Waals surface area contributed by atoms with Crippen molar-refractivity contribution in [2.45, 2.75) is 20.1 Å². The summed E-state index contributed by atoms with van der Waals surface area (Å²) in [7, 11) is 0. The largest absolute Gasteiger partial charge is 0.458 e. The molecule has 0 atom stereocenters. The fraction of sp³-hybridized carbons (Fsp3) is 0.136. The number of rotatable bonds is 6. The Labute approximate surface area is 189 Å². The van der Waals surface area contributed by atoms with E-state index in [1.807, 2.05) is 12.1 Å². The van der Waals surface area contributed by atoms with Gasteiger partial charge >= 0.3 is 5.97 Å². The van der Waals surface area contributed by atoms with Crippen molar-refractivity contribution in [1.82, 2.24) is 9.78 Å². The zero-order valence-corrected chi connectivity index (χ0v) is 18.2. The SMILES string of the molecule is Cc1nn(Cc2ccc(Cl)cc2Cl)c(Cl)c1C=CC(=O)OCc1ccc(C#N)cc1. The second kappa shape index (κ2) is 9.82. The molecular weight excluding hydrogens is 445 g/mol. The Balaban J connectivity index is 1.66. The van der Waals surface area contributed by atoms with Crippen LogP contribution in [-0.2, 0) is 22.7 Å². The monoisotopic (exact) mass is 459 g/mol. The Hall–Kier alpha value is -2.78. The molecule has 2 aromatic carbocycles. The van der Waals surface area contributed by atoms with Gasteiger partial charge in [0.15, 0.2) is 0 Å². The van der Waals surface area contributed by atoms with E-state index in [-0.39, 0.29) is 6.61 Å². The highest BCUT2D eigenvalue weighted by atomic mass is 35.5. The standard InChI is InChI=1S/C22H16Cl3N3O2/c1-14-19(8-9-21(29)30-13-16-4-2-15(11-26)3-5-16)22(25)28(27-14)12-17-6-7-18(23)10-20(17)24/h2-10H,12-13H2,1H3. The lowest BCUT2D eigenvalue weighted by Crippen LogP contribution is -2.02. The van der Waals surface area contributed by atoms with Gasteiger partial charge in [-0.15, -0.1) is 0 Å². The number of nitrogens with zero attached hydrogens (tertiary/aromatic N) is 3. The third-order valence-corrected chi connectivity index (χ3v) is 5.28. The van der Waals surface area contributed by atoms with Crippen LogP contribution in [0.4, 0.5) is 0 Å². The predicted octanol–water partition coefficient (Wildman–Crippen LogP) is 5.83. The molecule has 3 aromatic rings. The highest BCUT2D eigenvalue weighted by Crippen LogP contribution is 2.26. The predicted molar refractivity (Wildman–Crippen MR) is 118 cm³/mol. The summed E-state index contributed by atoms with van der Waals surface area (Å²) in [6.07, 6.45) is 2.88. The number of hydrogen-bond donors (Lipinski definition) is 0. The fourth-order valence-electron chi connectivity index (χ4n) is 2.70. The fourth-order valence-corrected chi connectivity index (χ4v) is 3.47. The third-order valence-electron chi connectivity index (χ3n) is 4.29. The molecule has 0 bridgehead atoms. The van der Waals surface area contributed by atoms with Gasteiger partial charge in [-0.1, -0.05) is 53.0 Å². The molecule has 0 amide bonds. The minimum atomic E-state index is -0.511. The molecule has 30 heavy (non-hydrogen) atoms. The Kier molecular flexibility index (Phi) is 7.17. The van der Waals surface area contributed by atoms with Crippen LogP contribution in [0.25, 0.3) is 6.08 Å². The second-order valence-electron chi connectivity index (χ2n) is 6.43. The van der Waals surface area contributed by atoms with E-state index in [2.05, 4.69) is 5.10 Å². The number of nitriles is 1. The highest BCUT2D eigenvalue weighted by molar-refractivity contribution is 6.35. The van der Waals surface area contributed by atoms with E-state index in [1.54, 1.807) is 54.1 Å². The molecule has 0 fully saturated rings. The Morgan fingerprint density at radius 2 is 1.93 bits per heavy atom. The van der Waals surface area contributed by atoms with Crippen molar-refractivity contribution in [3.05, 3.63) is 91.7 Å². The molecule has 0 unspecified atom stereocenters. The maximum absolute atomic E-state index is 12.0. The summed E-state index contributed by atoms with van der Waals surface area (Å²) < 4.78 is 6.83. The molecule has 0 saturated carbocycles. The minimum absolute atomic E-state index is 0.107. The van der Waals surface area contributed by atoms with Gasteiger partial charge in [0, 0.05) is 21.7 Å². The van der Waals surface area contributed by atoms with Gasteiger partial charge in [0.2, 0.25) is 0 Å². The van der Waals surface area contributed by atoms with E-state index in [4.69, 9.17) is 44.8 Å². The molecule has 5 nitrogen and oxygen atoms in total. The van der Waals surface area contributed by atoms with E-state index >= 15 is 0 Å². The number of carbonyl (C=O) groups excluding carboxylic acids is 1. The molecule has 0 spiro atoms. The summed E-state index contributed by atoms with van der Waals surface area (Å²) >= 11 is 18.6.